The maximum Gasteiger partial charge on any atom is 0.230 e. The van der Waals surface area contributed by atoms with Crippen LogP contribution in [0.3, 0.4) is 0 Å². The topological polar surface area (TPSA) is 67.3 Å². The number of rotatable bonds is 8. The van der Waals surface area contributed by atoms with Gasteiger partial charge >= 0.3 is 0 Å². The van der Waals surface area contributed by atoms with E-state index in [0.29, 0.717) is 12.3 Å². The normalized spacial score (nSPS) is 16.2. The Morgan fingerprint density at radius 2 is 2.08 bits per heavy atom. The molecule has 1 aromatic carbocycles. The molecule has 1 fully saturated rings. The molecule has 6 nitrogen and oxygen atoms in total. The van der Waals surface area contributed by atoms with E-state index in [9.17, 15) is 4.79 Å². The number of nitrogens with zero attached hydrogens (tertiary/aromatic N) is 3. The van der Waals surface area contributed by atoms with Crippen LogP contribution in [0.15, 0.2) is 34.1 Å². The van der Waals surface area contributed by atoms with E-state index in [-0.39, 0.29) is 11.9 Å². The van der Waals surface area contributed by atoms with E-state index in [1.807, 2.05) is 12.1 Å². The molecule has 26 heavy (non-hydrogen) atoms. The smallest absolute Gasteiger partial charge is 0.230 e. The number of hydrogen-bond donors (Lipinski definition) is 1. The van der Waals surface area contributed by atoms with Crippen molar-refractivity contribution in [2.24, 2.45) is 0 Å². The standard InChI is InChI=1S/C18H24N4O2S2/c1-24-15-7-5-14(6-8-15)16(22-9-3-2-4-10-22)11-19-17(23)12-25-18-21-20-13-26-18/h5-8,13,16H,2-4,9-12H2,1H3,(H,19,23). The molecule has 0 bridgehead atoms. The second-order valence-corrected chi connectivity index (χ2v) is 8.24. The van der Waals surface area contributed by atoms with Gasteiger partial charge in [-0.3, -0.25) is 9.69 Å². The lowest BCUT2D eigenvalue weighted by atomic mass is 10.0. The number of likely N-dealkylation sites (tertiary alicyclic amines) is 1. The highest BCUT2D eigenvalue weighted by Crippen LogP contribution is 2.26. The van der Waals surface area contributed by atoms with Gasteiger partial charge in [-0.25, -0.2) is 0 Å². The largest absolute Gasteiger partial charge is 0.497 e. The molecule has 2 heterocycles. The van der Waals surface area contributed by atoms with E-state index in [4.69, 9.17) is 4.74 Å². The molecule has 1 amide bonds. The molecule has 1 unspecified atom stereocenters. The van der Waals surface area contributed by atoms with Gasteiger partial charge in [0, 0.05) is 6.54 Å². The fourth-order valence-electron chi connectivity index (χ4n) is 3.13. The zero-order valence-corrected chi connectivity index (χ0v) is 16.5. The number of thioether (sulfide) groups is 1. The highest BCUT2D eigenvalue weighted by molar-refractivity contribution is 8.01. The van der Waals surface area contributed by atoms with E-state index in [1.165, 1.54) is 47.9 Å². The van der Waals surface area contributed by atoms with E-state index in [1.54, 1.807) is 12.6 Å². The predicted octanol–water partition coefficient (Wildman–Crippen LogP) is 2.98. The maximum absolute atomic E-state index is 12.2. The van der Waals surface area contributed by atoms with Gasteiger partial charge in [0.1, 0.15) is 11.3 Å². The van der Waals surface area contributed by atoms with Crippen LogP contribution in [0.1, 0.15) is 30.9 Å². The van der Waals surface area contributed by atoms with Crippen molar-refractivity contribution in [2.75, 3.05) is 32.5 Å². The first-order valence-corrected chi connectivity index (χ1v) is 10.7. The van der Waals surface area contributed by atoms with Gasteiger partial charge in [-0.15, -0.1) is 10.2 Å². The van der Waals surface area contributed by atoms with Gasteiger partial charge in [-0.1, -0.05) is 41.7 Å². The van der Waals surface area contributed by atoms with Crippen LogP contribution in [0, 0.1) is 0 Å². The van der Waals surface area contributed by atoms with Gasteiger partial charge in [-0.05, 0) is 43.6 Å². The molecule has 2 aromatic rings. The fourth-order valence-corrected chi connectivity index (χ4v) is 4.45. The van der Waals surface area contributed by atoms with Crippen LogP contribution in [0.5, 0.6) is 5.75 Å². The van der Waals surface area contributed by atoms with Gasteiger partial charge < -0.3 is 10.1 Å². The molecule has 1 aliphatic rings. The Balaban J connectivity index is 1.59. The van der Waals surface area contributed by atoms with Gasteiger partial charge in [-0.2, -0.15) is 0 Å². The van der Waals surface area contributed by atoms with Crippen molar-refractivity contribution in [1.82, 2.24) is 20.4 Å². The molecule has 0 radical (unpaired) electrons. The number of hydrogen-bond acceptors (Lipinski definition) is 7. The average Bonchev–Trinajstić information content (AvgIpc) is 3.21. The molecular weight excluding hydrogens is 368 g/mol. The lowest BCUT2D eigenvalue weighted by Gasteiger charge is -2.35. The number of amides is 1. The molecular formula is C18H24N4O2S2. The number of carbonyl (C=O) groups is 1. The lowest BCUT2D eigenvalue weighted by Crippen LogP contribution is -2.41. The van der Waals surface area contributed by atoms with Crippen LogP contribution >= 0.6 is 23.1 Å². The molecule has 0 spiro atoms. The SMILES string of the molecule is COc1ccc(C(CNC(=O)CSc2nncs2)N2CCCCC2)cc1. The average molecular weight is 393 g/mol. The van der Waals surface area contributed by atoms with Crippen molar-refractivity contribution in [3.63, 3.8) is 0 Å². The minimum Gasteiger partial charge on any atom is -0.497 e. The first-order valence-electron chi connectivity index (χ1n) is 8.80. The number of piperidine rings is 1. The molecule has 1 aromatic heterocycles. The minimum atomic E-state index is 0.0284. The van der Waals surface area contributed by atoms with Crippen molar-refractivity contribution in [3.8, 4) is 5.75 Å². The highest BCUT2D eigenvalue weighted by Gasteiger charge is 2.23. The third kappa shape index (κ3) is 5.43. The molecule has 140 valence electrons. The molecule has 3 rings (SSSR count). The van der Waals surface area contributed by atoms with Gasteiger partial charge in [0.15, 0.2) is 4.34 Å². The Bertz CT molecular complexity index is 673. The summed E-state index contributed by atoms with van der Waals surface area (Å²) >= 11 is 2.88. The van der Waals surface area contributed by atoms with Crippen molar-refractivity contribution < 1.29 is 9.53 Å². The number of ether oxygens (including phenoxy) is 1. The molecule has 1 saturated heterocycles. The summed E-state index contributed by atoms with van der Waals surface area (Å²) in [6.07, 6.45) is 3.72. The van der Waals surface area contributed by atoms with E-state index in [2.05, 4.69) is 32.5 Å². The van der Waals surface area contributed by atoms with Crippen LogP contribution in [0.2, 0.25) is 0 Å². The monoisotopic (exact) mass is 392 g/mol. The van der Waals surface area contributed by atoms with Crippen LogP contribution in [0.25, 0.3) is 0 Å². The molecule has 1 atom stereocenters. The number of carbonyl (C=O) groups excluding carboxylic acids is 1. The van der Waals surface area contributed by atoms with Crippen molar-refractivity contribution >= 4 is 29.0 Å². The summed E-state index contributed by atoms with van der Waals surface area (Å²) < 4.78 is 6.09. The Morgan fingerprint density at radius 1 is 1.31 bits per heavy atom. The third-order valence-electron chi connectivity index (χ3n) is 4.49. The quantitative estimate of drug-likeness (QED) is 0.697. The minimum absolute atomic E-state index is 0.0284. The number of benzene rings is 1. The van der Waals surface area contributed by atoms with Crippen molar-refractivity contribution in [3.05, 3.63) is 35.3 Å². The number of methoxy groups -OCH3 is 1. The molecule has 1 N–H and O–H groups in total. The van der Waals surface area contributed by atoms with Crippen LogP contribution in [0.4, 0.5) is 0 Å². The summed E-state index contributed by atoms with van der Waals surface area (Å²) in [4.78, 5) is 14.7. The van der Waals surface area contributed by atoms with Crippen LogP contribution in [-0.2, 0) is 4.79 Å². The van der Waals surface area contributed by atoms with Crippen molar-refractivity contribution in [1.29, 1.82) is 0 Å². The third-order valence-corrected chi connectivity index (χ3v) is 6.35. The van der Waals surface area contributed by atoms with Gasteiger partial charge in [0.05, 0.1) is 18.9 Å². The second-order valence-electron chi connectivity index (χ2n) is 6.18. The van der Waals surface area contributed by atoms with Crippen LogP contribution in [-0.4, -0.2) is 53.5 Å². The molecule has 0 aliphatic carbocycles. The van der Waals surface area contributed by atoms with Crippen LogP contribution < -0.4 is 10.1 Å². The summed E-state index contributed by atoms with van der Waals surface area (Å²) in [6.45, 7) is 2.76. The Hall–Kier alpha value is -1.64. The molecule has 0 saturated carbocycles. The molecule has 1 aliphatic heterocycles. The number of nitrogens with one attached hydrogen (secondary N) is 1. The summed E-state index contributed by atoms with van der Waals surface area (Å²) in [7, 11) is 1.67. The van der Waals surface area contributed by atoms with E-state index < -0.39 is 0 Å². The Kier molecular flexibility index (Phi) is 7.28. The zero-order chi connectivity index (χ0) is 18.2. The van der Waals surface area contributed by atoms with E-state index >= 15 is 0 Å². The highest BCUT2D eigenvalue weighted by atomic mass is 32.2. The summed E-state index contributed by atoms with van der Waals surface area (Å²) in [5, 5.41) is 10.8. The summed E-state index contributed by atoms with van der Waals surface area (Å²) in [5.41, 5.74) is 2.89. The Morgan fingerprint density at radius 3 is 2.73 bits per heavy atom. The fraction of sp³-hybridized carbons (Fsp3) is 0.500. The first kappa shape index (κ1) is 19.1. The molecule has 8 heteroatoms. The van der Waals surface area contributed by atoms with E-state index in [0.717, 1.165) is 23.2 Å². The van der Waals surface area contributed by atoms with Gasteiger partial charge in [0.25, 0.3) is 0 Å². The lowest BCUT2D eigenvalue weighted by molar-refractivity contribution is -0.118. The second kappa shape index (κ2) is 9.89. The number of aromatic nitrogens is 2. The zero-order valence-electron chi connectivity index (χ0n) is 14.9. The summed E-state index contributed by atoms with van der Waals surface area (Å²) in [5.74, 6) is 1.24. The summed E-state index contributed by atoms with van der Waals surface area (Å²) in [6, 6.07) is 8.36. The van der Waals surface area contributed by atoms with Gasteiger partial charge in [0.2, 0.25) is 5.91 Å². The maximum atomic E-state index is 12.2. The van der Waals surface area contributed by atoms with Crippen molar-refractivity contribution in [2.45, 2.75) is 29.6 Å². The Labute approximate surface area is 162 Å². The predicted molar refractivity (Wildman–Crippen MR) is 105 cm³/mol. The first-order chi connectivity index (χ1) is 12.8.